The minimum absolute atomic E-state index is 0.233. The number of tetrazole rings is 1. The second-order valence-corrected chi connectivity index (χ2v) is 8.55. The molecule has 2 N–H and O–H groups in total. The van der Waals surface area contributed by atoms with E-state index in [1.165, 1.54) is 0 Å². The number of carbonyl (C=O) groups excluding carboxylic acids is 1. The summed E-state index contributed by atoms with van der Waals surface area (Å²) in [6.07, 6.45) is 0.413. The van der Waals surface area contributed by atoms with Crippen LogP contribution in [-0.2, 0) is 16.1 Å². The number of nitrogens with zero attached hydrogens (tertiary/aromatic N) is 5. The number of fused-ring (bicyclic) bond motifs is 1. The van der Waals surface area contributed by atoms with Gasteiger partial charge in [-0.05, 0) is 49.7 Å². The van der Waals surface area contributed by atoms with E-state index in [9.17, 15) is 14.7 Å². The predicted molar refractivity (Wildman–Crippen MR) is 117 cm³/mol. The standard InChI is InChI=1S/C22H24N6O6/c1-22(2,3)34-21(31)24-15(20(29)30)11-28-26-18(25-27-28)14-7-4-6-13(10-14)17-12-32-16-8-5-9-23-19(16)33-17/h4-10,15,17H,11-12H2,1-3H3,(H,24,31)(H,29,30)/t15?,17-/m0/s1. The number of carboxylic acid groups (broad SMARTS) is 1. The first-order valence-electron chi connectivity index (χ1n) is 10.5. The molecule has 2 atom stereocenters. The Balaban J connectivity index is 1.46. The minimum atomic E-state index is -1.30. The number of aromatic nitrogens is 5. The maximum absolute atomic E-state index is 12.0. The lowest BCUT2D eigenvalue weighted by atomic mass is 10.1. The highest BCUT2D eigenvalue weighted by atomic mass is 16.6. The minimum Gasteiger partial charge on any atom is -0.484 e. The van der Waals surface area contributed by atoms with Gasteiger partial charge in [-0.25, -0.2) is 14.6 Å². The summed E-state index contributed by atoms with van der Waals surface area (Å²) in [7, 11) is 0. The average molecular weight is 468 g/mol. The summed E-state index contributed by atoms with van der Waals surface area (Å²) in [6, 6.07) is 9.62. The molecule has 1 amide bonds. The highest BCUT2D eigenvalue weighted by molar-refractivity contribution is 5.79. The number of ether oxygens (including phenoxy) is 3. The highest BCUT2D eigenvalue weighted by Gasteiger charge is 2.26. The van der Waals surface area contributed by atoms with Gasteiger partial charge >= 0.3 is 12.1 Å². The van der Waals surface area contributed by atoms with Crippen LogP contribution < -0.4 is 14.8 Å². The molecule has 1 aromatic carbocycles. The van der Waals surface area contributed by atoms with Gasteiger partial charge in [0.25, 0.3) is 5.88 Å². The van der Waals surface area contributed by atoms with E-state index in [1.807, 2.05) is 18.2 Å². The van der Waals surface area contributed by atoms with E-state index >= 15 is 0 Å². The van der Waals surface area contributed by atoms with E-state index in [2.05, 4.69) is 25.7 Å². The number of alkyl carbamates (subject to hydrolysis) is 1. The summed E-state index contributed by atoms with van der Waals surface area (Å²) in [5, 5.41) is 24.0. The van der Waals surface area contributed by atoms with Gasteiger partial charge in [-0.1, -0.05) is 18.2 Å². The molecule has 4 rings (SSSR count). The zero-order chi connectivity index (χ0) is 24.3. The van der Waals surface area contributed by atoms with E-state index in [-0.39, 0.29) is 12.6 Å². The number of benzene rings is 1. The van der Waals surface area contributed by atoms with Crippen molar-refractivity contribution in [1.82, 2.24) is 30.5 Å². The molecule has 3 heterocycles. The van der Waals surface area contributed by atoms with Crippen LogP contribution in [0.3, 0.4) is 0 Å². The molecular formula is C22H24N6O6. The zero-order valence-corrected chi connectivity index (χ0v) is 18.8. The van der Waals surface area contributed by atoms with Crippen molar-refractivity contribution in [2.24, 2.45) is 0 Å². The van der Waals surface area contributed by atoms with Crippen molar-refractivity contribution in [3.63, 3.8) is 0 Å². The number of nitrogens with one attached hydrogen (secondary N) is 1. The second kappa shape index (κ2) is 9.33. The number of amides is 1. The summed E-state index contributed by atoms with van der Waals surface area (Å²) in [6.45, 7) is 5.13. The average Bonchev–Trinajstić information content (AvgIpc) is 3.26. The van der Waals surface area contributed by atoms with Gasteiger partial charge in [0.05, 0.1) is 6.54 Å². The maximum Gasteiger partial charge on any atom is 0.408 e. The number of carboxylic acids is 1. The van der Waals surface area contributed by atoms with Gasteiger partial charge in [-0.2, -0.15) is 4.80 Å². The first kappa shape index (κ1) is 23.0. The molecule has 34 heavy (non-hydrogen) atoms. The fourth-order valence-corrected chi connectivity index (χ4v) is 3.19. The molecule has 1 aliphatic heterocycles. The molecule has 0 saturated heterocycles. The van der Waals surface area contributed by atoms with Crippen LogP contribution in [0.5, 0.6) is 11.6 Å². The summed E-state index contributed by atoms with van der Waals surface area (Å²) >= 11 is 0. The highest BCUT2D eigenvalue weighted by Crippen LogP contribution is 2.34. The van der Waals surface area contributed by atoms with E-state index in [0.717, 1.165) is 10.4 Å². The molecule has 0 bridgehead atoms. The molecule has 3 aromatic rings. The molecule has 0 fully saturated rings. The van der Waals surface area contributed by atoms with Crippen LogP contribution in [0.25, 0.3) is 11.4 Å². The van der Waals surface area contributed by atoms with Crippen LogP contribution in [0.1, 0.15) is 32.4 Å². The van der Waals surface area contributed by atoms with Crippen molar-refractivity contribution in [3.05, 3.63) is 48.2 Å². The maximum atomic E-state index is 12.0. The molecular weight excluding hydrogens is 444 g/mol. The van der Waals surface area contributed by atoms with Gasteiger partial charge in [-0.15, -0.1) is 10.2 Å². The largest absolute Gasteiger partial charge is 0.484 e. The summed E-state index contributed by atoms with van der Waals surface area (Å²) < 4.78 is 16.8. The lowest BCUT2D eigenvalue weighted by Crippen LogP contribution is -2.46. The van der Waals surface area contributed by atoms with Crippen LogP contribution in [0.2, 0.25) is 0 Å². The van der Waals surface area contributed by atoms with Crippen LogP contribution >= 0.6 is 0 Å². The van der Waals surface area contributed by atoms with Crippen molar-refractivity contribution in [3.8, 4) is 23.0 Å². The fourth-order valence-electron chi connectivity index (χ4n) is 3.19. The third-order valence-corrected chi connectivity index (χ3v) is 4.68. The molecule has 12 heteroatoms. The van der Waals surface area contributed by atoms with E-state index in [0.29, 0.717) is 29.6 Å². The Labute approximate surface area is 194 Å². The Bertz CT molecular complexity index is 1190. The van der Waals surface area contributed by atoms with Gasteiger partial charge in [0.15, 0.2) is 17.9 Å². The molecule has 178 valence electrons. The first-order valence-corrected chi connectivity index (χ1v) is 10.5. The van der Waals surface area contributed by atoms with Gasteiger partial charge in [-0.3, -0.25) is 0 Å². The van der Waals surface area contributed by atoms with Gasteiger partial charge in [0, 0.05) is 11.8 Å². The first-order chi connectivity index (χ1) is 16.2. The van der Waals surface area contributed by atoms with Crippen LogP contribution in [0, 0.1) is 0 Å². The van der Waals surface area contributed by atoms with Crippen LogP contribution in [0.15, 0.2) is 42.6 Å². The molecule has 0 spiro atoms. The predicted octanol–water partition coefficient (Wildman–Crippen LogP) is 2.23. The number of carbonyl (C=O) groups is 2. The SMILES string of the molecule is CC(C)(C)OC(=O)NC(Cn1nnc(-c2cccc([C@@H]3COc4cccnc4O3)c2)n1)C(=O)O. The summed E-state index contributed by atoms with van der Waals surface area (Å²) in [5.74, 6) is 0.0477. The zero-order valence-electron chi connectivity index (χ0n) is 18.8. The molecule has 1 unspecified atom stereocenters. The molecule has 0 saturated carbocycles. The Morgan fingerprint density at radius 3 is 2.88 bits per heavy atom. The normalized spacial score (nSPS) is 15.9. The summed E-state index contributed by atoms with van der Waals surface area (Å²) in [5.41, 5.74) is 0.730. The second-order valence-electron chi connectivity index (χ2n) is 8.55. The molecule has 0 aliphatic carbocycles. The van der Waals surface area contributed by atoms with Crippen molar-refractivity contribution in [1.29, 1.82) is 0 Å². The Morgan fingerprint density at radius 2 is 2.12 bits per heavy atom. The van der Waals surface area contributed by atoms with Crippen molar-refractivity contribution < 1.29 is 28.9 Å². The summed E-state index contributed by atoms with van der Waals surface area (Å²) in [4.78, 5) is 28.9. The quantitative estimate of drug-likeness (QED) is 0.551. The molecule has 1 aliphatic rings. The topological polar surface area (TPSA) is 151 Å². The lowest BCUT2D eigenvalue weighted by molar-refractivity contribution is -0.140. The van der Waals surface area contributed by atoms with Crippen molar-refractivity contribution >= 4 is 12.1 Å². The van der Waals surface area contributed by atoms with E-state index in [4.69, 9.17) is 14.2 Å². The van der Waals surface area contributed by atoms with Gasteiger partial charge in [0.1, 0.15) is 12.2 Å². The molecule has 2 aromatic heterocycles. The smallest absolute Gasteiger partial charge is 0.408 e. The Kier molecular flexibility index (Phi) is 6.30. The third kappa shape index (κ3) is 5.57. The number of pyridine rings is 1. The number of rotatable bonds is 6. The third-order valence-electron chi connectivity index (χ3n) is 4.68. The fraction of sp³-hybridized carbons (Fsp3) is 0.364. The monoisotopic (exact) mass is 468 g/mol. The number of aliphatic carboxylic acids is 1. The van der Waals surface area contributed by atoms with Gasteiger partial charge in [0.2, 0.25) is 5.82 Å². The van der Waals surface area contributed by atoms with Crippen LogP contribution in [-0.4, -0.2) is 60.6 Å². The number of hydrogen-bond donors (Lipinski definition) is 2. The van der Waals surface area contributed by atoms with E-state index < -0.39 is 23.7 Å². The van der Waals surface area contributed by atoms with Crippen molar-refractivity contribution in [2.75, 3.05) is 6.61 Å². The van der Waals surface area contributed by atoms with Gasteiger partial charge < -0.3 is 24.6 Å². The van der Waals surface area contributed by atoms with Crippen molar-refractivity contribution in [2.45, 2.75) is 45.1 Å². The van der Waals surface area contributed by atoms with Crippen LogP contribution in [0.4, 0.5) is 4.79 Å². The molecule has 12 nitrogen and oxygen atoms in total. The van der Waals surface area contributed by atoms with E-state index in [1.54, 1.807) is 45.2 Å². The molecule has 0 radical (unpaired) electrons. The lowest BCUT2D eigenvalue weighted by Gasteiger charge is -2.25. The Morgan fingerprint density at radius 1 is 1.29 bits per heavy atom. The number of hydrogen-bond acceptors (Lipinski definition) is 9. The Hall–Kier alpha value is -4.22.